The van der Waals surface area contributed by atoms with Gasteiger partial charge in [-0.05, 0) is 33.6 Å². The van der Waals surface area contributed by atoms with Crippen molar-refractivity contribution < 1.29 is 14.4 Å². The molecule has 4 heteroatoms. The summed E-state index contributed by atoms with van der Waals surface area (Å²) in [5.41, 5.74) is 1.72. The molecule has 1 fully saturated rings. The highest BCUT2D eigenvalue weighted by Gasteiger charge is 2.23. The number of rotatable bonds is 3. The largest absolute Gasteiger partial charge is 0.442 e. The van der Waals surface area contributed by atoms with Crippen LogP contribution in [0.2, 0.25) is 0 Å². The van der Waals surface area contributed by atoms with E-state index in [0.717, 1.165) is 12.8 Å². The van der Waals surface area contributed by atoms with E-state index in [9.17, 15) is 4.79 Å². The molecule has 0 atom stereocenters. The third kappa shape index (κ3) is 4.23. The van der Waals surface area contributed by atoms with Gasteiger partial charge in [0, 0.05) is 5.92 Å². The molecule has 0 saturated heterocycles. The average Bonchev–Trinajstić information content (AvgIpc) is 1.94. The smallest absolute Gasteiger partial charge is 0.441 e. The molecule has 0 bridgehead atoms. The highest BCUT2D eigenvalue weighted by Crippen LogP contribution is 2.32. The van der Waals surface area contributed by atoms with Gasteiger partial charge in [-0.2, -0.15) is 5.48 Å². The molecule has 0 spiro atoms. The molecule has 0 heterocycles. The van der Waals surface area contributed by atoms with Gasteiger partial charge in [-0.25, -0.2) is 4.79 Å². The van der Waals surface area contributed by atoms with Crippen LogP contribution in [-0.2, 0) is 9.57 Å². The standard InChI is InChI=1S/C11H19NO3/c1-8(9-6-5-7-9)15-12-10(13)14-11(2,3)4/h9H,1,5-7H2,2-4H3,(H,12,13). The van der Waals surface area contributed by atoms with E-state index < -0.39 is 11.7 Å². The predicted octanol–water partition coefficient (Wildman–Crippen LogP) is 2.76. The average molecular weight is 213 g/mol. The van der Waals surface area contributed by atoms with Crippen LogP contribution in [0.5, 0.6) is 0 Å². The van der Waals surface area contributed by atoms with Gasteiger partial charge in [-0.3, -0.25) is 0 Å². The summed E-state index contributed by atoms with van der Waals surface area (Å²) in [6, 6.07) is 0. The zero-order valence-corrected chi connectivity index (χ0v) is 9.63. The van der Waals surface area contributed by atoms with Crippen LogP contribution in [-0.4, -0.2) is 11.7 Å². The summed E-state index contributed by atoms with van der Waals surface area (Å²) < 4.78 is 5.00. The maximum atomic E-state index is 11.2. The van der Waals surface area contributed by atoms with Gasteiger partial charge in [0.15, 0.2) is 0 Å². The van der Waals surface area contributed by atoms with E-state index in [1.54, 1.807) is 20.8 Å². The second-order valence-corrected chi connectivity index (χ2v) is 4.80. The lowest BCUT2D eigenvalue weighted by Crippen LogP contribution is -2.33. The molecule has 0 aromatic rings. The van der Waals surface area contributed by atoms with Crippen LogP contribution in [0.25, 0.3) is 0 Å². The molecule has 0 aliphatic heterocycles. The molecule has 1 amide bonds. The lowest BCUT2D eigenvalue weighted by atomic mass is 9.84. The summed E-state index contributed by atoms with van der Waals surface area (Å²) in [6.07, 6.45) is 2.81. The van der Waals surface area contributed by atoms with Gasteiger partial charge >= 0.3 is 6.09 Å². The molecule has 1 saturated carbocycles. The quantitative estimate of drug-likeness (QED) is 0.579. The molecular formula is C11H19NO3. The Morgan fingerprint density at radius 1 is 1.40 bits per heavy atom. The number of hydrogen-bond donors (Lipinski definition) is 1. The summed E-state index contributed by atoms with van der Waals surface area (Å²) >= 11 is 0. The van der Waals surface area contributed by atoms with Gasteiger partial charge in [-0.1, -0.05) is 13.0 Å². The second-order valence-electron chi connectivity index (χ2n) is 4.80. The van der Waals surface area contributed by atoms with Crippen molar-refractivity contribution in [3.63, 3.8) is 0 Å². The monoisotopic (exact) mass is 213 g/mol. The highest BCUT2D eigenvalue weighted by molar-refractivity contribution is 5.66. The zero-order valence-electron chi connectivity index (χ0n) is 9.63. The summed E-state index contributed by atoms with van der Waals surface area (Å²) in [7, 11) is 0. The van der Waals surface area contributed by atoms with Crippen LogP contribution < -0.4 is 5.48 Å². The van der Waals surface area contributed by atoms with E-state index in [0.29, 0.717) is 11.7 Å². The number of hydroxylamine groups is 1. The van der Waals surface area contributed by atoms with Crippen LogP contribution >= 0.6 is 0 Å². The number of allylic oxidation sites excluding steroid dienone is 1. The van der Waals surface area contributed by atoms with Crippen LogP contribution in [0.1, 0.15) is 40.0 Å². The SMILES string of the molecule is C=C(ONC(=O)OC(C)(C)C)C1CCC1. The maximum absolute atomic E-state index is 11.2. The molecule has 4 nitrogen and oxygen atoms in total. The fourth-order valence-electron chi connectivity index (χ4n) is 1.22. The molecule has 1 N–H and O–H groups in total. The van der Waals surface area contributed by atoms with E-state index in [-0.39, 0.29) is 0 Å². The predicted molar refractivity (Wildman–Crippen MR) is 56.9 cm³/mol. The van der Waals surface area contributed by atoms with Gasteiger partial charge in [0.25, 0.3) is 0 Å². The topological polar surface area (TPSA) is 47.6 Å². The molecule has 0 aromatic carbocycles. The lowest BCUT2D eigenvalue weighted by Gasteiger charge is -2.27. The van der Waals surface area contributed by atoms with Crippen LogP contribution in [0.15, 0.2) is 12.3 Å². The van der Waals surface area contributed by atoms with E-state index in [1.165, 1.54) is 6.42 Å². The van der Waals surface area contributed by atoms with E-state index >= 15 is 0 Å². The van der Waals surface area contributed by atoms with Crippen molar-refractivity contribution in [3.05, 3.63) is 12.3 Å². The van der Waals surface area contributed by atoms with Crippen molar-refractivity contribution in [2.75, 3.05) is 0 Å². The van der Waals surface area contributed by atoms with Gasteiger partial charge in [0.1, 0.15) is 11.4 Å². The number of hydrogen-bond acceptors (Lipinski definition) is 3. The van der Waals surface area contributed by atoms with Gasteiger partial charge < -0.3 is 9.57 Å². The third-order valence-corrected chi connectivity index (χ3v) is 2.22. The molecule has 15 heavy (non-hydrogen) atoms. The molecule has 1 rings (SSSR count). The second kappa shape index (κ2) is 4.55. The fraction of sp³-hybridized carbons (Fsp3) is 0.727. The van der Waals surface area contributed by atoms with E-state index in [4.69, 9.17) is 9.57 Å². The number of carbonyl (C=O) groups is 1. The Balaban J connectivity index is 2.18. The van der Waals surface area contributed by atoms with Gasteiger partial charge in [-0.15, -0.1) is 0 Å². The van der Waals surface area contributed by atoms with E-state index in [2.05, 4.69) is 12.1 Å². The van der Waals surface area contributed by atoms with Crippen molar-refractivity contribution in [1.29, 1.82) is 0 Å². The molecule has 86 valence electrons. The molecule has 1 aliphatic rings. The van der Waals surface area contributed by atoms with Gasteiger partial charge in [0.2, 0.25) is 0 Å². The first kappa shape index (κ1) is 11.9. The Hall–Kier alpha value is -1.19. The summed E-state index contributed by atoms with van der Waals surface area (Å²) in [4.78, 5) is 16.2. The lowest BCUT2D eigenvalue weighted by molar-refractivity contribution is 0.00393. The van der Waals surface area contributed by atoms with Crippen LogP contribution in [0.4, 0.5) is 4.79 Å². The van der Waals surface area contributed by atoms with Crippen LogP contribution in [0, 0.1) is 5.92 Å². The third-order valence-electron chi connectivity index (χ3n) is 2.22. The maximum Gasteiger partial charge on any atom is 0.441 e. The van der Waals surface area contributed by atoms with Crippen molar-refractivity contribution in [1.82, 2.24) is 5.48 Å². The number of carbonyl (C=O) groups excluding carboxylic acids is 1. The minimum absolute atomic E-state index is 0.389. The highest BCUT2D eigenvalue weighted by atomic mass is 16.7. The van der Waals surface area contributed by atoms with Crippen molar-refractivity contribution in [3.8, 4) is 0 Å². The Morgan fingerprint density at radius 2 is 2.00 bits per heavy atom. The van der Waals surface area contributed by atoms with Crippen molar-refractivity contribution in [2.24, 2.45) is 5.92 Å². The summed E-state index contributed by atoms with van der Waals surface area (Å²) in [6.45, 7) is 9.15. The molecule has 0 aromatic heterocycles. The minimum atomic E-state index is -0.581. The van der Waals surface area contributed by atoms with Gasteiger partial charge in [0.05, 0.1) is 0 Å². The Bertz CT molecular complexity index is 251. The fourth-order valence-corrected chi connectivity index (χ4v) is 1.22. The van der Waals surface area contributed by atoms with Crippen molar-refractivity contribution >= 4 is 6.09 Å². The van der Waals surface area contributed by atoms with Crippen LogP contribution in [0.3, 0.4) is 0 Å². The number of ether oxygens (including phenoxy) is 1. The summed E-state index contributed by atoms with van der Waals surface area (Å²) in [5, 5.41) is 0. The first-order valence-electron chi connectivity index (χ1n) is 5.23. The minimum Gasteiger partial charge on any atom is -0.442 e. The zero-order chi connectivity index (χ0) is 11.5. The normalized spacial score (nSPS) is 16.5. The molecule has 0 unspecified atom stereocenters. The number of nitrogens with one attached hydrogen (secondary N) is 1. The first-order chi connectivity index (χ1) is 6.88. The molecule has 0 radical (unpaired) electrons. The summed E-state index contributed by atoms with van der Waals surface area (Å²) in [5.74, 6) is 1.01. The Morgan fingerprint density at radius 3 is 2.40 bits per heavy atom. The Kier molecular flexibility index (Phi) is 3.61. The van der Waals surface area contributed by atoms with Crippen molar-refractivity contribution in [2.45, 2.75) is 45.6 Å². The first-order valence-corrected chi connectivity index (χ1v) is 5.23. The number of amides is 1. The van der Waals surface area contributed by atoms with E-state index in [1.807, 2.05) is 0 Å². The molecular weight excluding hydrogens is 194 g/mol. The Labute approximate surface area is 90.6 Å². The molecule has 1 aliphatic carbocycles.